The van der Waals surface area contributed by atoms with Crippen molar-refractivity contribution in [3.63, 3.8) is 0 Å². The van der Waals surface area contributed by atoms with Gasteiger partial charge in [-0.1, -0.05) is 0 Å². The Kier molecular flexibility index (Phi) is 2.56. The van der Waals surface area contributed by atoms with Gasteiger partial charge in [0.1, 0.15) is 11.3 Å². The van der Waals surface area contributed by atoms with Crippen molar-refractivity contribution in [1.29, 1.82) is 0 Å². The number of methoxy groups -OCH3 is 1. The van der Waals surface area contributed by atoms with E-state index in [1.165, 1.54) is 7.11 Å². The van der Waals surface area contributed by atoms with Crippen LogP contribution in [0.1, 0.15) is 15.9 Å². The molecule has 3 nitrogen and oxygen atoms in total. The molecule has 0 fully saturated rings. The average molecular weight is 219 g/mol. The third-order valence-corrected chi connectivity index (χ3v) is 2.44. The molecular formula is C12H10FNO2. The van der Waals surface area contributed by atoms with Gasteiger partial charge in [-0.05, 0) is 30.7 Å². The maximum absolute atomic E-state index is 13.7. The summed E-state index contributed by atoms with van der Waals surface area (Å²) in [5.74, 6) is -1.06. The highest BCUT2D eigenvalue weighted by Gasteiger charge is 2.12. The number of carbonyl (C=O) groups is 1. The van der Waals surface area contributed by atoms with Gasteiger partial charge in [-0.3, -0.25) is 4.98 Å². The molecule has 0 spiro atoms. The molecule has 1 aromatic heterocycles. The fourth-order valence-corrected chi connectivity index (χ4v) is 1.58. The summed E-state index contributed by atoms with van der Waals surface area (Å²) >= 11 is 0. The standard InChI is InChI=1S/C12H10FNO2/c1-7-3-4-14-11-9(7)5-8(6-10(11)13)12(15)16-2/h3-6H,1-2H3. The van der Waals surface area contributed by atoms with E-state index in [-0.39, 0.29) is 11.1 Å². The summed E-state index contributed by atoms with van der Waals surface area (Å²) in [4.78, 5) is 15.3. The topological polar surface area (TPSA) is 39.2 Å². The number of halogens is 1. The van der Waals surface area contributed by atoms with Gasteiger partial charge in [0.05, 0.1) is 12.7 Å². The predicted molar refractivity (Wildman–Crippen MR) is 57.8 cm³/mol. The molecule has 0 atom stereocenters. The van der Waals surface area contributed by atoms with Crippen LogP contribution in [-0.4, -0.2) is 18.1 Å². The minimum absolute atomic E-state index is 0.198. The van der Waals surface area contributed by atoms with Crippen molar-refractivity contribution in [3.05, 3.63) is 41.3 Å². The van der Waals surface area contributed by atoms with Crippen molar-refractivity contribution in [2.24, 2.45) is 0 Å². The zero-order valence-electron chi connectivity index (χ0n) is 8.95. The first-order valence-corrected chi connectivity index (χ1v) is 4.76. The molecule has 82 valence electrons. The molecule has 2 rings (SSSR count). The molecule has 0 unspecified atom stereocenters. The summed E-state index contributed by atoms with van der Waals surface area (Å²) in [6, 6.07) is 4.50. The molecule has 1 aromatic carbocycles. The third-order valence-electron chi connectivity index (χ3n) is 2.44. The van der Waals surface area contributed by atoms with Crippen LogP contribution in [0, 0.1) is 12.7 Å². The van der Waals surface area contributed by atoms with Gasteiger partial charge in [-0.15, -0.1) is 0 Å². The molecule has 0 bridgehead atoms. The van der Waals surface area contributed by atoms with Crippen LogP contribution in [0.5, 0.6) is 0 Å². The summed E-state index contributed by atoms with van der Waals surface area (Å²) in [7, 11) is 1.26. The number of rotatable bonds is 1. The van der Waals surface area contributed by atoms with E-state index in [0.717, 1.165) is 11.6 Å². The minimum atomic E-state index is -0.552. The van der Waals surface area contributed by atoms with Crippen LogP contribution in [0.2, 0.25) is 0 Å². The average Bonchev–Trinajstić information content (AvgIpc) is 2.29. The van der Waals surface area contributed by atoms with Crippen LogP contribution >= 0.6 is 0 Å². The highest BCUT2D eigenvalue weighted by molar-refractivity contribution is 5.95. The second-order valence-corrected chi connectivity index (χ2v) is 3.47. The van der Waals surface area contributed by atoms with Crippen LogP contribution in [0.3, 0.4) is 0 Å². The van der Waals surface area contributed by atoms with E-state index >= 15 is 0 Å². The lowest BCUT2D eigenvalue weighted by Gasteiger charge is -2.05. The number of carbonyl (C=O) groups excluding carboxylic acids is 1. The molecule has 16 heavy (non-hydrogen) atoms. The van der Waals surface area contributed by atoms with E-state index in [1.54, 1.807) is 18.3 Å². The molecular weight excluding hydrogens is 209 g/mol. The maximum Gasteiger partial charge on any atom is 0.337 e. The van der Waals surface area contributed by atoms with Crippen LogP contribution in [-0.2, 0) is 4.74 Å². The Bertz CT molecular complexity index is 566. The number of pyridine rings is 1. The molecule has 0 saturated carbocycles. The van der Waals surface area contributed by atoms with E-state index < -0.39 is 11.8 Å². The lowest BCUT2D eigenvalue weighted by Crippen LogP contribution is -2.02. The first-order valence-electron chi connectivity index (χ1n) is 4.76. The Morgan fingerprint density at radius 2 is 2.19 bits per heavy atom. The Hall–Kier alpha value is -1.97. The van der Waals surface area contributed by atoms with Gasteiger partial charge in [0.2, 0.25) is 0 Å². The van der Waals surface area contributed by atoms with E-state index in [9.17, 15) is 9.18 Å². The normalized spacial score (nSPS) is 10.4. The van der Waals surface area contributed by atoms with Crippen LogP contribution in [0.15, 0.2) is 24.4 Å². The van der Waals surface area contributed by atoms with E-state index in [4.69, 9.17) is 0 Å². The lowest BCUT2D eigenvalue weighted by molar-refractivity contribution is 0.0600. The van der Waals surface area contributed by atoms with Crippen LogP contribution < -0.4 is 0 Å². The molecule has 4 heteroatoms. The molecule has 0 aliphatic carbocycles. The number of aromatic nitrogens is 1. The Balaban J connectivity index is 2.75. The van der Waals surface area contributed by atoms with Crippen molar-refractivity contribution in [2.45, 2.75) is 6.92 Å². The van der Waals surface area contributed by atoms with Crippen molar-refractivity contribution in [1.82, 2.24) is 4.98 Å². The number of benzene rings is 1. The smallest absolute Gasteiger partial charge is 0.337 e. The first kappa shape index (κ1) is 10.5. The Morgan fingerprint density at radius 1 is 1.44 bits per heavy atom. The predicted octanol–water partition coefficient (Wildman–Crippen LogP) is 2.47. The second-order valence-electron chi connectivity index (χ2n) is 3.47. The van der Waals surface area contributed by atoms with Crippen molar-refractivity contribution in [2.75, 3.05) is 7.11 Å². The molecule has 0 saturated heterocycles. The van der Waals surface area contributed by atoms with Gasteiger partial charge < -0.3 is 4.74 Å². The molecule has 1 heterocycles. The van der Waals surface area contributed by atoms with E-state index in [1.807, 2.05) is 6.92 Å². The lowest BCUT2D eigenvalue weighted by atomic mass is 10.1. The number of hydrogen-bond donors (Lipinski definition) is 0. The zero-order chi connectivity index (χ0) is 11.7. The number of esters is 1. The number of fused-ring (bicyclic) bond motifs is 1. The molecule has 0 aliphatic heterocycles. The van der Waals surface area contributed by atoms with Crippen LogP contribution in [0.4, 0.5) is 4.39 Å². The monoisotopic (exact) mass is 219 g/mol. The molecule has 2 aromatic rings. The van der Waals surface area contributed by atoms with E-state index in [0.29, 0.717) is 5.39 Å². The quantitative estimate of drug-likeness (QED) is 0.691. The summed E-state index contributed by atoms with van der Waals surface area (Å²) in [5.41, 5.74) is 1.34. The van der Waals surface area contributed by atoms with Crippen molar-refractivity contribution < 1.29 is 13.9 Å². The molecule has 0 amide bonds. The summed E-state index contributed by atoms with van der Waals surface area (Å²) < 4.78 is 18.2. The third kappa shape index (κ3) is 1.62. The Labute approximate surface area is 91.9 Å². The van der Waals surface area contributed by atoms with Crippen LogP contribution in [0.25, 0.3) is 10.9 Å². The minimum Gasteiger partial charge on any atom is -0.465 e. The number of aryl methyl sites for hydroxylation is 1. The first-order chi connectivity index (χ1) is 7.63. The van der Waals surface area contributed by atoms with Gasteiger partial charge in [-0.25, -0.2) is 9.18 Å². The van der Waals surface area contributed by atoms with Gasteiger partial charge in [0.15, 0.2) is 0 Å². The number of nitrogens with zero attached hydrogens (tertiary/aromatic N) is 1. The SMILES string of the molecule is COC(=O)c1cc(F)c2nccc(C)c2c1. The largest absolute Gasteiger partial charge is 0.465 e. The molecule has 0 radical (unpaired) electrons. The second kappa shape index (κ2) is 3.89. The molecule has 0 aliphatic rings. The van der Waals surface area contributed by atoms with Gasteiger partial charge in [0, 0.05) is 11.6 Å². The zero-order valence-corrected chi connectivity index (χ0v) is 8.95. The highest BCUT2D eigenvalue weighted by Crippen LogP contribution is 2.21. The number of hydrogen-bond acceptors (Lipinski definition) is 3. The van der Waals surface area contributed by atoms with Gasteiger partial charge >= 0.3 is 5.97 Å². The van der Waals surface area contributed by atoms with Crippen molar-refractivity contribution >= 4 is 16.9 Å². The Morgan fingerprint density at radius 3 is 2.88 bits per heavy atom. The van der Waals surface area contributed by atoms with Crippen molar-refractivity contribution in [3.8, 4) is 0 Å². The number of ether oxygens (including phenoxy) is 1. The fraction of sp³-hybridized carbons (Fsp3) is 0.167. The summed E-state index contributed by atoms with van der Waals surface area (Å²) in [5, 5.41) is 0.628. The van der Waals surface area contributed by atoms with E-state index in [2.05, 4.69) is 9.72 Å². The summed E-state index contributed by atoms with van der Waals surface area (Å²) in [6.45, 7) is 1.84. The maximum atomic E-state index is 13.7. The fourth-order valence-electron chi connectivity index (χ4n) is 1.58. The van der Waals surface area contributed by atoms with Gasteiger partial charge in [-0.2, -0.15) is 0 Å². The van der Waals surface area contributed by atoms with Gasteiger partial charge in [0.25, 0.3) is 0 Å². The summed E-state index contributed by atoms with van der Waals surface area (Å²) in [6.07, 6.45) is 1.54. The molecule has 0 N–H and O–H groups in total. The highest BCUT2D eigenvalue weighted by atomic mass is 19.1.